The van der Waals surface area contributed by atoms with Crippen LogP contribution in [0.3, 0.4) is 0 Å². The summed E-state index contributed by atoms with van der Waals surface area (Å²) < 4.78 is 19.0. The van der Waals surface area contributed by atoms with Crippen LogP contribution in [0.2, 0.25) is 0 Å². The summed E-state index contributed by atoms with van der Waals surface area (Å²) in [6.45, 7) is 5.93. The number of aryl methyl sites for hydroxylation is 3. The molecule has 0 spiro atoms. The number of benzene rings is 3. The van der Waals surface area contributed by atoms with Gasteiger partial charge in [0.2, 0.25) is 5.91 Å². The van der Waals surface area contributed by atoms with E-state index in [1.165, 1.54) is 23.9 Å². The first-order valence-electron chi connectivity index (χ1n) is 10.9. The number of halogens is 1. The fourth-order valence-electron chi connectivity index (χ4n) is 3.58. The topological polar surface area (TPSA) is 63.1 Å². The van der Waals surface area contributed by atoms with Crippen LogP contribution in [0, 0.1) is 26.6 Å². The maximum atomic E-state index is 13.6. The number of anilines is 1. The summed E-state index contributed by atoms with van der Waals surface area (Å²) in [5, 5.41) is 3.59. The lowest BCUT2D eigenvalue weighted by Gasteiger charge is -2.10. The predicted molar refractivity (Wildman–Crippen MR) is 139 cm³/mol. The number of fused-ring (bicyclic) bond motifs is 1. The van der Waals surface area contributed by atoms with E-state index in [0.717, 1.165) is 50.1 Å². The number of methoxy groups -OCH3 is 1. The van der Waals surface area contributed by atoms with Crippen LogP contribution in [0.5, 0.6) is 5.75 Å². The van der Waals surface area contributed by atoms with Crippen molar-refractivity contribution >= 4 is 45.5 Å². The summed E-state index contributed by atoms with van der Waals surface area (Å²) >= 11 is 1.36. The largest absolute Gasteiger partial charge is 0.497 e. The van der Waals surface area contributed by atoms with Crippen molar-refractivity contribution in [1.29, 1.82) is 0 Å². The van der Waals surface area contributed by atoms with Crippen molar-refractivity contribution in [3.05, 3.63) is 82.7 Å². The highest BCUT2D eigenvalue weighted by Crippen LogP contribution is 2.36. The minimum atomic E-state index is -0.386. The molecule has 1 amide bonds. The van der Waals surface area contributed by atoms with E-state index in [1.807, 2.05) is 50.2 Å². The Labute approximate surface area is 203 Å². The van der Waals surface area contributed by atoms with Crippen LogP contribution < -0.4 is 10.1 Å². The molecule has 174 valence electrons. The molecule has 1 aliphatic rings. The van der Waals surface area contributed by atoms with Crippen molar-refractivity contribution in [2.45, 2.75) is 27.2 Å². The second-order valence-corrected chi connectivity index (χ2v) is 9.24. The average molecular weight is 476 g/mol. The first-order valence-corrected chi connectivity index (χ1v) is 11.9. The lowest BCUT2D eigenvalue weighted by molar-refractivity contribution is -0.113. The zero-order chi connectivity index (χ0) is 24.2. The Morgan fingerprint density at radius 1 is 1.00 bits per heavy atom. The molecule has 1 aliphatic heterocycles. The van der Waals surface area contributed by atoms with Gasteiger partial charge in [0.05, 0.1) is 35.0 Å². The van der Waals surface area contributed by atoms with Crippen molar-refractivity contribution in [2.24, 2.45) is 9.98 Å². The van der Waals surface area contributed by atoms with Crippen LogP contribution in [-0.2, 0) is 4.79 Å². The predicted octanol–water partition coefficient (Wildman–Crippen LogP) is 6.69. The van der Waals surface area contributed by atoms with Crippen LogP contribution in [0.25, 0.3) is 0 Å². The molecule has 0 bridgehead atoms. The average Bonchev–Trinajstić information content (AvgIpc) is 2.99. The Hall–Kier alpha value is -3.45. The molecule has 7 heteroatoms. The fraction of sp³-hybridized carbons (Fsp3) is 0.222. The van der Waals surface area contributed by atoms with E-state index < -0.39 is 0 Å². The summed E-state index contributed by atoms with van der Waals surface area (Å²) in [7, 11) is 1.64. The van der Waals surface area contributed by atoms with Crippen molar-refractivity contribution < 1.29 is 13.9 Å². The maximum Gasteiger partial charge on any atom is 0.234 e. The van der Waals surface area contributed by atoms with Crippen molar-refractivity contribution in [2.75, 3.05) is 18.2 Å². The van der Waals surface area contributed by atoms with Crippen LogP contribution in [0.4, 0.5) is 21.5 Å². The number of rotatable bonds is 5. The van der Waals surface area contributed by atoms with Crippen molar-refractivity contribution in [1.82, 2.24) is 0 Å². The molecule has 1 N–H and O–H groups in total. The second kappa shape index (κ2) is 10.2. The first-order chi connectivity index (χ1) is 16.3. The molecular weight excluding hydrogens is 449 g/mol. The monoisotopic (exact) mass is 475 g/mol. The second-order valence-electron chi connectivity index (χ2n) is 8.19. The lowest BCUT2D eigenvalue weighted by atomic mass is 10.1. The van der Waals surface area contributed by atoms with Gasteiger partial charge in [-0.05, 0) is 73.9 Å². The third kappa shape index (κ3) is 5.54. The molecule has 1 heterocycles. The quantitative estimate of drug-likeness (QED) is 0.447. The number of carbonyl (C=O) groups excluding carboxylic acids is 1. The Balaban J connectivity index is 1.60. The molecule has 0 radical (unpaired) electrons. The van der Waals surface area contributed by atoms with E-state index in [4.69, 9.17) is 14.7 Å². The molecule has 34 heavy (non-hydrogen) atoms. The Bertz CT molecular complexity index is 1320. The highest BCUT2D eigenvalue weighted by Gasteiger charge is 2.18. The number of aliphatic imine (C=N–C) groups is 2. The molecular formula is C27H26FN3O2S. The van der Waals surface area contributed by atoms with Crippen LogP contribution in [0.15, 0.2) is 64.6 Å². The third-order valence-electron chi connectivity index (χ3n) is 5.66. The van der Waals surface area contributed by atoms with Gasteiger partial charge in [-0.15, -0.1) is 11.8 Å². The van der Waals surface area contributed by atoms with E-state index in [0.29, 0.717) is 12.1 Å². The van der Waals surface area contributed by atoms with Gasteiger partial charge in [-0.2, -0.15) is 0 Å². The summed E-state index contributed by atoms with van der Waals surface area (Å²) in [5.74, 6) is 0.301. The standard InChI is InChI=1S/C27H26FN3O2S/c1-16-8-9-20(28)13-22(16)30-26(32)15-34-27-14-23(19-6-5-7-21(12-19)33-4)29-24-10-17(2)18(3)11-25(24)31-27/h5-13H,14-15H2,1-4H3,(H,30,32). The molecule has 0 unspecified atom stereocenters. The van der Waals surface area contributed by atoms with E-state index in [1.54, 1.807) is 13.2 Å². The SMILES string of the molecule is COc1cccc(C2=Nc3cc(C)c(C)cc3N=C(SCC(=O)Nc3cc(F)ccc3C)C2)c1. The normalized spacial score (nSPS) is 12.9. The summed E-state index contributed by atoms with van der Waals surface area (Å²) in [5.41, 5.74) is 6.94. The molecule has 0 saturated carbocycles. The van der Waals surface area contributed by atoms with Gasteiger partial charge in [-0.1, -0.05) is 18.2 Å². The van der Waals surface area contributed by atoms with Gasteiger partial charge in [0.1, 0.15) is 11.6 Å². The molecule has 0 atom stereocenters. The maximum absolute atomic E-state index is 13.6. The Morgan fingerprint density at radius 2 is 1.74 bits per heavy atom. The number of amides is 1. The van der Waals surface area contributed by atoms with Gasteiger partial charge in [0.15, 0.2) is 0 Å². The van der Waals surface area contributed by atoms with Gasteiger partial charge in [0, 0.05) is 17.7 Å². The number of hydrogen-bond acceptors (Lipinski definition) is 5. The first kappa shape index (κ1) is 23.7. The van der Waals surface area contributed by atoms with E-state index in [-0.39, 0.29) is 17.5 Å². The summed E-state index contributed by atoms with van der Waals surface area (Å²) in [6, 6.07) is 16.2. The molecule has 5 nitrogen and oxygen atoms in total. The van der Waals surface area contributed by atoms with Crippen molar-refractivity contribution in [3.8, 4) is 5.75 Å². The third-order valence-corrected chi connectivity index (χ3v) is 6.63. The van der Waals surface area contributed by atoms with Crippen LogP contribution >= 0.6 is 11.8 Å². The van der Waals surface area contributed by atoms with Gasteiger partial charge in [-0.3, -0.25) is 9.79 Å². The molecule has 4 rings (SSSR count). The number of nitrogens with one attached hydrogen (secondary N) is 1. The minimum absolute atomic E-state index is 0.153. The zero-order valence-corrected chi connectivity index (χ0v) is 20.4. The van der Waals surface area contributed by atoms with E-state index in [2.05, 4.69) is 12.2 Å². The van der Waals surface area contributed by atoms with Crippen molar-refractivity contribution in [3.63, 3.8) is 0 Å². The molecule has 0 fully saturated rings. The van der Waals surface area contributed by atoms with Gasteiger partial charge in [-0.25, -0.2) is 9.38 Å². The van der Waals surface area contributed by atoms with Crippen LogP contribution in [-0.4, -0.2) is 29.5 Å². The fourth-order valence-corrected chi connectivity index (χ4v) is 4.35. The van der Waals surface area contributed by atoms with Crippen LogP contribution in [0.1, 0.15) is 28.7 Å². The van der Waals surface area contributed by atoms with E-state index in [9.17, 15) is 9.18 Å². The Kier molecular flexibility index (Phi) is 7.12. The summed E-state index contributed by atoms with van der Waals surface area (Å²) in [6.07, 6.45) is 0.483. The number of nitrogens with zero attached hydrogens (tertiary/aromatic N) is 2. The minimum Gasteiger partial charge on any atom is -0.497 e. The zero-order valence-electron chi connectivity index (χ0n) is 19.6. The van der Waals surface area contributed by atoms with Gasteiger partial charge < -0.3 is 10.1 Å². The number of hydrogen-bond donors (Lipinski definition) is 1. The number of thioether (sulfide) groups is 1. The molecule has 3 aromatic carbocycles. The van der Waals surface area contributed by atoms with Gasteiger partial charge in [0.25, 0.3) is 0 Å². The summed E-state index contributed by atoms with van der Waals surface area (Å²) in [4.78, 5) is 22.4. The Morgan fingerprint density at radius 3 is 2.47 bits per heavy atom. The van der Waals surface area contributed by atoms with Gasteiger partial charge >= 0.3 is 0 Å². The number of ether oxygens (including phenoxy) is 1. The van der Waals surface area contributed by atoms with E-state index >= 15 is 0 Å². The lowest BCUT2D eigenvalue weighted by Crippen LogP contribution is -2.17. The molecule has 0 aromatic heterocycles. The highest BCUT2D eigenvalue weighted by atomic mass is 32.2. The molecule has 0 saturated heterocycles. The number of carbonyl (C=O) groups is 1. The smallest absolute Gasteiger partial charge is 0.234 e. The molecule has 0 aliphatic carbocycles. The molecule has 3 aromatic rings. The highest BCUT2D eigenvalue weighted by molar-refractivity contribution is 8.14.